The minimum Gasteiger partial charge on any atom is -0.476 e. The molecule has 0 amide bonds. The van der Waals surface area contributed by atoms with Crippen LogP contribution < -0.4 is 9.46 Å². The zero-order chi connectivity index (χ0) is 21.0. The van der Waals surface area contributed by atoms with Gasteiger partial charge in [-0.15, -0.1) is 10.2 Å². The first-order chi connectivity index (χ1) is 13.7. The lowest BCUT2D eigenvalue weighted by Crippen LogP contribution is -2.14. The molecule has 0 radical (unpaired) electrons. The van der Waals surface area contributed by atoms with Gasteiger partial charge < -0.3 is 4.74 Å². The first-order valence-electron chi connectivity index (χ1n) is 8.79. The van der Waals surface area contributed by atoms with E-state index in [9.17, 15) is 17.2 Å². The van der Waals surface area contributed by atoms with Crippen LogP contribution in [0.2, 0.25) is 0 Å². The van der Waals surface area contributed by atoms with Gasteiger partial charge in [-0.05, 0) is 42.3 Å². The Balaban J connectivity index is 1.74. The maximum Gasteiger partial charge on any atom is 0.264 e. The second kappa shape index (κ2) is 8.52. The van der Waals surface area contributed by atoms with Crippen LogP contribution in [0.3, 0.4) is 0 Å². The normalized spacial score (nSPS) is 11.5. The first kappa shape index (κ1) is 20.7. The van der Waals surface area contributed by atoms with Gasteiger partial charge in [0.2, 0.25) is 5.88 Å². The summed E-state index contributed by atoms with van der Waals surface area (Å²) in [4.78, 5) is -0.760. The van der Waals surface area contributed by atoms with Crippen molar-refractivity contribution in [2.75, 3.05) is 11.3 Å². The highest BCUT2D eigenvalue weighted by Crippen LogP contribution is 2.23. The summed E-state index contributed by atoms with van der Waals surface area (Å²) in [6, 6.07) is 12.0. The van der Waals surface area contributed by atoms with Crippen molar-refractivity contribution in [3.8, 4) is 17.1 Å². The van der Waals surface area contributed by atoms with Gasteiger partial charge in [-0.3, -0.25) is 4.72 Å². The van der Waals surface area contributed by atoms with E-state index in [4.69, 9.17) is 4.74 Å². The van der Waals surface area contributed by atoms with E-state index < -0.39 is 26.6 Å². The molecule has 1 N–H and O–H groups in total. The molecule has 6 nitrogen and oxygen atoms in total. The Morgan fingerprint density at radius 3 is 2.34 bits per heavy atom. The summed E-state index contributed by atoms with van der Waals surface area (Å²) < 4.78 is 59.4. The number of nitrogens with zero attached hydrogens (tertiary/aromatic N) is 2. The van der Waals surface area contributed by atoms with Crippen LogP contribution in [0.15, 0.2) is 59.5 Å². The molecular formula is C20H19F2N3O3S. The highest BCUT2D eigenvalue weighted by atomic mass is 32.2. The molecule has 0 atom stereocenters. The number of sulfonamides is 1. The number of nitrogens with one attached hydrogen (secondary N) is 1. The van der Waals surface area contributed by atoms with Gasteiger partial charge in [0.25, 0.3) is 10.0 Å². The largest absolute Gasteiger partial charge is 0.476 e. The van der Waals surface area contributed by atoms with Crippen molar-refractivity contribution < 1.29 is 21.9 Å². The van der Waals surface area contributed by atoms with Crippen LogP contribution in [0.25, 0.3) is 11.3 Å². The van der Waals surface area contributed by atoms with Gasteiger partial charge in [0.15, 0.2) is 0 Å². The Labute approximate surface area is 167 Å². The molecule has 0 aliphatic heterocycles. The third-order valence-electron chi connectivity index (χ3n) is 3.82. The average molecular weight is 419 g/mol. The number of hydrogen-bond donors (Lipinski definition) is 1. The van der Waals surface area contributed by atoms with Crippen molar-refractivity contribution in [2.45, 2.75) is 18.7 Å². The molecule has 29 heavy (non-hydrogen) atoms. The van der Waals surface area contributed by atoms with Gasteiger partial charge in [0.05, 0.1) is 12.3 Å². The fourth-order valence-electron chi connectivity index (χ4n) is 2.41. The Morgan fingerprint density at radius 1 is 1.00 bits per heavy atom. The van der Waals surface area contributed by atoms with Crippen molar-refractivity contribution in [2.24, 2.45) is 5.92 Å². The molecule has 0 fully saturated rings. The van der Waals surface area contributed by atoms with Crippen molar-refractivity contribution >= 4 is 15.7 Å². The Bertz CT molecular complexity index is 1090. The number of benzene rings is 2. The predicted octanol–water partition coefficient (Wildman–Crippen LogP) is 4.26. The molecular weight excluding hydrogens is 400 g/mol. The summed E-state index contributed by atoms with van der Waals surface area (Å²) in [5.74, 6) is -1.09. The predicted molar refractivity (Wildman–Crippen MR) is 105 cm³/mol. The van der Waals surface area contributed by atoms with E-state index in [0.29, 0.717) is 35.7 Å². The van der Waals surface area contributed by atoms with Crippen LogP contribution in [0, 0.1) is 17.6 Å². The zero-order valence-corrected chi connectivity index (χ0v) is 16.6. The Morgan fingerprint density at radius 2 is 1.72 bits per heavy atom. The van der Waals surface area contributed by atoms with Crippen LogP contribution >= 0.6 is 0 Å². The lowest BCUT2D eigenvalue weighted by Gasteiger charge is -2.10. The van der Waals surface area contributed by atoms with E-state index >= 15 is 0 Å². The third kappa shape index (κ3) is 5.26. The van der Waals surface area contributed by atoms with Gasteiger partial charge in [-0.2, -0.15) is 0 Å². The standard InChI is InChI=1S/C20H19F2N3O3S/c1-13(2)12-28-20-10-9-18(23-24-20)14-3-6-16(7-4-14)25-29(26,27)19-11-15(21)5-8-17(19)22/h3-11,13,25H,12H2,1-2H3. The van der Waals surface area contributed by atoms with Crippen LogP contribution in [-0.2, 0) is 10.0 Å². The molecule has 3 rings (SSSR count). The number of hydrogen-bond acceptors (Lipinski definition) is 5. The molecule has 1 aromatic heterocycles. The molecule has 152 valence electrons. The second-order valence-corrected chi connectivity index (χ2v) is 8.37. The summed E-state index contributed by atoms with van der Waals surface area (Å²) in [7, 11) is -4.27. The van der Waals surface area contributed by atoms with E-state index in [-0.39, 0.29) is 5.69 Å². The molecule has 9 heteroatoms. The van der Waals surface area contributed by atoms with Gasteiger partial charge in [-0.1, -0.05) is 26.0 Å². The second-order valence-electron chi connectivity index (χ2n) is 6.72. The number of halogens is 2. The topological polar surface area (TPSA) is 81.2 Å². The lowest BCUT2D eigenvalue weighted by molar-refractivity contribution is 0.258. The minimum absolute atomic E-state index is 0.197. The van der Waals surface area contributed by atoms with Crippen LogP contribution in [0.5, 0.6) is 5.88 Å². The fraction of sp³-hybridized carbons (Fsp3) is 0.200. The van der Waals surface area contributed by atoms with E-state index in [1.54, 1.807) is 24.3 Å². The van der Waals surface area contributed by atoms with Crippen molar-refractivity contribution in [3.63, 3.8) is 0 Å². The summed E-state index contributed by atoms with van der Waals surface area (Å²) in [6.45, 7) is 4.59. The lowest BCUT2D eigenvalue weighted by atomic mass is 10.1. The van der Waals surface area contributed by atoms with Crippen molar-refractivity contribution in [1.29, 1.82) is 0 Å². The van der Waals surface area contributed by atoms with Gasteiger partial charge in [-0.25, -0.2) is 17.2 Å². The summed E-state index contributed by atoms with van der Waals surface area (Å²) in [5, 5.41) is 8.10. The fourth-order valence-corrected chi connectivity index (χ4v) is 3.55. The summed E-state index contributed by atoms with van der Waals surface area (Å²) in [6.07, 6.45) is 0. The number of anilines is 1. The highest BCUT2D eigenvalue weighted by molar-refractivity contribution is 7.92. The molecule has 0 saturated heterocycles. The number of ether oxygens (including phenoxy) is 1. The number of aromatic nitrogens is 2. The van der Waals surface area contributed by atoms with Crippen molar-refractivity contribution in [3.05, 3.63) is 66.2 Å². The molecule has 0 aliphatic rings. The molecule has 0 bridgehead atoms. The van der Waals surface area contributed by atoms with Crippen LogP contribution in [-0.4, -0.2) is 25.2 Å². The van der Waals surface area contributed by atoms with Gasteiger partial charge in [0.1, 0.15) is 16.5 Å². The van der Waals surface area contributed by atoms with Crippen molar-refractivity contribution in [1.82, 2.24) is 10.2 Å². The van der Waals surface area contributed by atoms with Gasteiger partial charge >= 0.3 is 0 Å². The first-order valence-corrected chi connectivity index (χ1v) is 10.3. The molecule has 2 aromatic carbocycles. The SMILES string of the molecule is CC(C)COc1ccc(-c2ccc(NS(=O)(=O)c3cc(F)ccc3F)cc2)nn1. The van der Waals surface area contributed by atoms with E-state index in [0.717, 1.165) is 12.1 Å². The van der Waals surface area contributed by atoms with Gasteiger partial charge in [0, 0.05) is 17.3 Å². The highest BCUT2D eigenvalue weighted by Gasteiger charge is 2.20. The number of rotatable bonds is 7. The maximum absolute atomic E-state index is 13.8. The molecule has 0 saturated carbocycles. The maximum atomic E-state index is 13.8. The van der Waals surface area contributed by atoms with E-state index in [1.807, 2.05) is 13.8 Å². The molecule has 0 spiro atoms. The molecule has 0 aliphatic carbocycles. The minimum atomic E-state index is -4.27. The zero-order valence-electron chi connectivity index (χ0n) is 15.8. The molecule has 1 heterocycles. The smallest absolute Gasteiger partial charge is 0.264 e. The Kier molecular flexibility index (Phi) is 6.07. The quantitative estimate of drug-likeness (QED) is 0.619. The average Bonchev–Trinajstić information content (AvgIpc) is 2.69. The van der Waals surface area contributed by atoms with E-state index in [1.165, 1.54) is 12.1 Å². The van der Waals surface area contributed by atoms with Crippen LogP contribution in [0.4, 0.5) is 14.5 Å². The summed E-state index contributed by atoms with van der Waals surface area (Å²) >= 11 is 0. The summed E-state index contributed by atoms with van der Waals surface area (Å²) in [5.41, 5.74) is 1.47. The third-order valence-corrected chi connectivity index (χ3v) is 5.22. The molecule has 3 aromatic rings. The monoisotopic (exact) mass is 419 g/mol. The van der Waals surface area contributed by atoms with Crippen LogP contribution in [0.1, 0.15) is 13.8 Å². The Hall–Kier alpha value is -3.07. The molecule has 0 unspecified atom stereocenters. The van der Waals surface area contributed by atoms with E-state index in [2.05, 4.69) is 14.9 Å².